The summed E-state index contributed by atoms with van der Waals surface area (Å²) in [6.07, 6.45) is 0. The molecule has 4 aromatic rings. The molecule has 0 fully saturated rings. The number of H-pyrrole nitrogens is 1. The van der Waals surface area contributed by atoms with Gasteiger partial charge in [0.1, 0.15) is 16.3 Å². The monoisotopic (exact) mass is 425 g/mol. The van der Waals surface area contributed by atoms with Gasteiger partial charge in [-0.2, -0.15) is 0 Å². The SMILES string of the molecule is COc1ccc(-c2cc3nc(CN(C)Cc4cccc(Cl)c4)[nH]c(=O)c3s2)cc1. The van der Waals surface area contributed by atoms with Crippen molar-refractivity contribution < 1.29 is 4.74 Å². The molecule has 2 heterocycles. The average molecular weight is 426 g/mol. The van der Waals surface area contributed by atoms with Crippen LogP contribution in [0.3, 0.4) is 0 Å². The Morgan fingerprint density at radius 1 is 1.14 bits per heavy atom. The highest BCUT2D eigenvalue weighted by Crippen LogP contribution is 2.31. The van der Waals surface area contributed by atoms with Crippen molar-refractivity contribution in [3.05, 3.63) is 81.4 Å². The van der Waals surface area contributed by atoms with Crippen molar-refractivity contribution in [1.29, 1.82) is 0 Å². The molecule has 0 atom stereocenters. The molecule has 2 aromatic heterocycles. The number of halogens is 1. The van der Waals surface area contributed by atoms with E-state index in [0.717, 1.165) is 27.3 Å². The van der Waals surface area contributed by atoms with Crippen LogP contribution in [0.5, 0.6) is 5.75 Å². The molecular formula is C22H20ClN3O2S. The standard InChI is InChI=1S/C22H20ClN3O2S/c1-26(12-14-4-3-5-16(23)10-14)13-20-24-18-11-19(29-21(18)22(27)25-20)15-6-8-17(28-2)9-7-15/h3-11H,12-13H2,1-2H3,(H,24,25,27). The zero-order valence-corrected chi connectivity index (χ0v) is 17.7. The smallest absolute Gasteiger partial charge is 0.268 e. The van der Waals surface area contributed by atoms with Gasteiger partial charge in [-0.05, 0) is 60.6 Å². The van der Waals surface area contributed by atoms with Gasteiger partial charge in [-0.25, -0.2) is 4.98 Å². The second-order valence-electron chi connectivity index (χ2n) is 6.87. The van der Waals surface area contributed by atoms with Crippen molar-refractivity contribution in [3.8, 4) is 16.2 Å². The van der Waals surface area contributed by atoms with Gasteiger partial charge in [0.25, 0.3) is 5.56 Å². The summed E-state index contributed by atoms with van der Waals surface area (Å²) in [5, 5.41) is 0.716. The van der Waals surface area contributed by atoms with Crippen LogP contribution in [0.25, 0.3) is 20.7 Å². The second kappa shape index (κ2) is 8.37. The highest BCUT2D eigenvalue weighted by Gasteiger charge is 2.12. The molecule has 0 saturated carbocycles. The number of aromatic amines is 1. The molecule has 0 saturated heterocycles. The maximum Gasteiger partial charge on any atom is 0.268 e. The number of ether oxygens (including phenoxy) is 1. The van der Waals surface area contributed by atoms with Crippen molar-refractivity contribution in [2.45, 2.75) is 13.1 Å². The number of fused-ring (bicyclic) bond motifs is 1. The van der Waals surface area contributed by atoms with E-state index in [9.17, 15) is 4.79 Å². The van der Waals surface area contributed by atoms with Gasteiger partial charge in [-0.3, -0.25) is 9.69 Å². The third-order valence-electron chi connectivity index (χ3n) is 4.57. The second-order valence-corrected chi connectivity index (χ2v) is 8.36. The van der Waals surface area contributed by atoms with E-state index in [-0.39, 0.29) is 5.56 Å². The van der Waals surface area contributed by atoms with E-state index >= 15 is 0 Å². The first-order valence-corrected chi connectivity index (χ1v) is 10.3. The topological polar surface area (TPSA) is 58.2 Å². The Morgan fingerprint density at radius 2 is 1.93 bits per heavy atom. The Bertz CT molecular complexity index is 1200. The largest absolute Gasteiger partial charge is 0.497 e. The maximum absolute atomic E-state index is 12.6. The molecule has 0 aliphatic heterocycles. The number of hydrogen-bond donors (Lipinski definition) is 1. The van der Waals surface area contributed by atoms with Crippen molar-refractivity contribution in [2.24, 2.45) is 0 Å². The summed E-state index contributed by atoms with van der Waals surface area (Å²) in [7, 11) is 3.63. The van der Waals surface area contributed by atoms with E-state index in [1.54, 1.807) is 7.11 Å². The van der Waals surface area contributed by atoms with Gasteiger partial charge in [0.05, 0.1) is 19.2 Å². The lowest BCUT2D eigenvalue weighted by Gasteiger charge is -2.16. The van der Waals surface area contributed by atoms with Crippen LogP contribution in [-0.4, -0.2) is 29.0 Å². The normalized spacial score (nSPS) is 11.3. The average Bonchev–Trinajstić information content (AvgIpc) is 3.13. The summed E-state index contributed by atoms with van der Waals surface area (Å²) in [5.41, 5.74) is 2.76. The molecule has 0 amide bonds. The molecule has 0 unspecified atom stereocenters. The van der Waals surface area contributed by atoms with Crippen molar-refractivity contribution >= 4 is 33.2 Å². The minimum Gasteiger partial charge on any atom is -0.497 e. The third kappa shape index (κ3) is 4.50. The molecule has 0 aliphatic rings. The van der Waals surface area contributed by atoms with Crippen LogP contribution in [0.2, 0.25) is 5.02 Å². The lowest BCUT2D eigenvalue weighted by molar-refractivity contribution is 0.311. The Morgan fingerprint density at radius 3 is 2.66 bits per heavy atom. The molecule has 0 bridgehead atoms. The molecule has 148 valence electrons. The van der Waals surface area contributed by atoms with E-state index in [1.165, 1.54) is 11.3 Å². The Balaban J connectivity index is 1.57. The molecule has 0 spiro atoms. The number of nitrogens with zero attached hydrogens (tertiary/aromatic N) is 2. The zero-order chi connectivity index (χ0) is 20.4. The van der Waals surface area contributed by atoms with Gasteiger partial charge in [-0.15, -0.1) is 11.3 Å². The lowest BCUT2D eigenvalue weighted by atomic mass is 10.2. The van der Waals surface area contributed by atoms with Crippen LogP contribution < -0.4 is 10.3 Å². The molecule has 0 radical (unpaired) electrons. The van der Waals surface area contributed by atoms with E-state index in [0.29, 0.717) is 28.6 Å². The van der Waals surface area contributed by atoms with E-state index in [1.807, 2.05) is 61.6 Å². The van der Waals surface area contributed by atoms with Crippen LogP contribution >= 0.6 is 22.9 Å². The summed E-state index contributed by atoms with van der Waals surface area (Å²) in [5.74, 6) is 1.45. The predicted octanol–water partition coefficient (Wildman–Crippen LogP) is 4.95. The fraction of sp³-hybridized carbons (Fsp3) is 0.182. The summed E-state index contributed by atoms with van der Waals surface area (Å²) < 4.78 is 5.85. The lowest BCUT2D eigenvalue weighted by Crippen LogP contribution is -2.21. The molecule has 0 aliphatic carbocycles. The van der Waals surface area contributed by atoms with E-state index < -0.39 is 0 Å². The Kier molecular flexibility index (Phi) is 5.67. The Hall–Kier alpha value is -2.67. The molecule has 1 N–H and O–H groups in total. The Labute approximate surface area is 177 Å². The first kappa shape index (κ1) is 19.6. The van der Waals surface area contributed by atoms with Crippen molar-refractivity contribution in [3.63, 3.8) is 0 Å². The van der Waals surface area contributed by atoms with Crippen LogP contribution in [0.1, 0.15) is 11.4 Å². The minimum atomic E-state index is -0.106. The van der Waals surface area contributed by atoms with Crippen LogP contribution in [0.4, 0.5) is 0 Å². The first-order chi connectivity index (χ1) is 14.0. The molecular weight excluding hydrogens is 406 g/mol. The number of rotatable bonds is 6. The number of aromatic nitrogens is 2. The van der Waals surface area contributed by atoms with Crippen LogP contribution in [-0.2, 0) is 13.1 Å². The summed E-state index contributed by atoms with van der Waals surface area (Å²) in [6, 6.07) is 17.5. The zero-order valence-electron chi connectivity index (χ0n) is 16.1. The number of methoxy groups -OCH3 is 1. The predicted molar refractivity (Wildman–Crippen MR) is 119 cm³/mol. The van der Waals surface area contributed by atoms with Gasteiger partial charge in [0, 0.05) is 16.4 Å². The molecule has 5 nitrogen and oxygen atoms in total. The number of thiophene rings is 1. The summed E-state index contributed by atoms with van der Waals surface area (Å²) >= 11 is 7.51. The van der Waals surface area contributed by atoms with E-state index in [4.69, 9.17) is 16.3 Å². The van der Waals surface area contributed by atoms with Gasteiger partial charge in [0.15, 0.2) is 0 Å². The first-order valence-electron chi connectivity index (χ1n) is 9.12. The van der Waals surface area contributed by atoms with Crippen molar-refractivity contribution in [1.82, 2.24) is 14.9 Å². The highest BCUT2D eigenvalue weighted by atomic mass is 35.5. The van der Waals surface area contributed by atoms with Gasteiger partial charge in [0.2, 0.25) is 0 Å². The molecule has 29 heavy (non-hydrogen) atoms. The third-order valence-corrected chi connectivity index (χ3v) is 5.97. The van der Waals surface area contributed by atoms with Crippen molar-refractivity contribution in [2.75, 3.05) is 14.2 Å². The highest BCUT2D eigenvalue weighted by molar-refractivity contribution is 7.22. The molecule has 4 rings (SSSR count). The van der Waals surface area contributed by atoms with E-state index in [2.05, 4.69) is 14.9 Å². The number of hydrogen-bond acceptors (Lipinski definition) is 5. The van der Waals surface area contributed by atoms with Gasteiger partial charge in [-0.1, -0.05) is 23.7 Å². The number of nitrogens with one attached hydrogen (secondary N) is 1. The van der Waals surface area contributed by atoms with Gasteiger partial charge >= 0.3 is 0 Å². The molecule has 7 heteroatoms. The van der Waals surface area contributed by atoms with Gasteiger partial charge < -0.3 is 9.72 Å². The maximum atomic E-state index is 12.6. The number of benzene rings is 2. The van der Waals surface area contributed by atoms with Crippen LogP contribution in [0.15, 0.2) is 59.4 Å². The summed E-state index contributed by atoms with van der Waals surface area (Å²) in [6.45, 7) is 1.24. The quantitative estimate of drug-likeness (QED) is 0.475. The minimum absolute atomic E-state index is 0.106. The van der Waals surface area contributed by atoms with Crippen LogP contribution in [0, 0.1) is 0 Å². The molecule has 2 aromatic carbocycles. The summed E-state index contributed by atoms with van der Waals surface area (Å²) in [4.78, 5) is 23.3. The fourth-order valence-corrected chi connectivity index (χ4v) is 4.43. The fourth-order valence-electron chi connectivity index (χ4n) is 3.22.